The number of amides is 2. The van der Waals surface area contributed by atoms with Crippen LogP contribution in [0.25, 0.3) is 0 Å². The summed E-state index contributed by atoms with van der Waals surface area (Å²) in [5, 5.41) is 2.83. The molecular weight excluding hydrogens is 328 g/mol. The number of hydrogen-bond donors (Lipinski definition) is 1. The van der Waals surface area contributed by atoms with Crippen molar-refractivity contribution in [3.8, 4) is 0 Å². The number of urea groups is 1. The van der Waals surface area contributed by atoms with Crippen LogP contribution in [-0.4, -0.2) is 36.9 Å². The van der Waals surface area contributed by atoms with Gasteiger partial charge in [-0.3, -0.25) is 0 Å². The van der Waals surface area contributed by atoms with Gasteiger partial charge in [-0.15, -0.1) is 0 Å². The zero-order valence-corrected chi connectivity index (χ0v) is 14.0. The number of rotatable bonds is 5. The van der Waals surface area contributed by atoms with Crippen molar-refractivity contribution in [1.82, 2.24) is 10.2 Å². The van der Waals surface area contributed by atoms with Gasteiger partial charge in [0.25, 0.3) is 0 Å². The molecule has 1 aromatic carbocycles. The van der Waals surface area contributed by atoms with Gasteiger partial charge in [0, 0.05) is 12.6 Å². The Bertz CT molecular complexity index is 772. The summed E-state index contributed by atoms with van der Waals surface area (Å²) in [6.07, 6.45) is 2.03. The number of carbonyl (C=O) groups is 1. The fourth-order valence-electron chi connectivity index (χ4n) is 2.77. The first kappa shape index (κ1) is 16.6. The Morgan fingerprint density at radius 1 is 1.17 bits per heavy atom. The average Bonchev–Trinajstić information content (AvgIpc) is 3.17. The van der Waals surface area contributed by atoms with E-state index in [1.807, 2.05) is 36.4 Å². The summed E-state index contributed by atoms with van der Waals surface area (Å²) < 4.78 is 28.5. The van der Waals surface area contributed by atoms with E-state index in [0.29, 0.717) is 25.3 Å². The van der Waals surface area contributed by atoms with Crippen LogP contribution in [0, 0.1) is 0 Å². The number of furan rings is 1. The van der Waals surface area contributed by atoms with Crippen molar-refractivity contribution in [1.29, 1.82) is 0 Å². The van der Waals surface area contributed by atoms with E-state index in [2.05, 4.69) is 5.32 Å². The van der Waals surface area contributed by atoms with Gasteiger partial charge in [-0.25, -0.2) is 13.2 Å². The van der Waals surface area contributed by atoms with E-state index in [-0.39, 0.29) is 23.6 Å². The van der Waals surface area contributed by atoms with E-state index in [1.54, 1.807) is 17.2 Å². The summed E-state index contributed by atoms with van der Waals surface area (Å²) in [4.78, 5) is 14.2. The second kappa shape index (κ2) is 7.09. The second-order valence-electron chi connectivity index (χ2n) is 5.97. The number of nitrogens with zero attached hydrogens (tertiary/aromatic N) is 1. The van der Waals surface area contributed by atoms with Gasteiger partial charge in [-0.2, -0.15) is 0 Å². The highest BCUT2D eigenvalue weighted by Crippen LogP contribution is 2.14. The van der Waals surface area contributed by atoms with Gasteiger partial charge in [0.15, 0.2) is 9.84 Å². The van der Waals surface area contributed by atoms with Crippen molar-refractivity contribution in [2.24, 2.45) is 0 Å². The van der Waals surface area contributed by atoms with E-state index in [0.717, 1.165) is 5.56 Å². The monoisotopic (exact) mass is 348 g/mol. The van der Waals surface area contributed by atoms with Crippen LogP contribution in [0.3, 0.4) is 0 Å². The molecule has 1 aliphatic heterocycles. The summed E-state index contributed by atoms with van der Waals surface area (Å²) >= 11 is 0. The van der Waals surface area contributed by atoms with Gasteiger partial charge < -0.3 is 14.6 Å². The Morgan fingerprint density at radius 2 is 1.96 bits per heavy atom. The Kier molecular flexibility index (Phi) is 4.89. The molecule has 6 nitrogen and oxygen atoms in total. The average molecular weight is 348 g/mol. The molecule has 0 saturated carbocycles. The summed E-state index contributed by atoms with van der Waals surface area (Å²) in [5.74, 6) is 0.827. The normalized spacial score (nSPS) is 19.1. The van der Waals surface area contributed by atoms with Gasteiger partial charge in [0.05, 0.1) is 24.3 Å². The van der Waals surface area contributed by atoms with E-state index in [1.165, 1.54) is 0 Å². The highest BCUT2D eigenvalue weighted by atomic mass is 32.2. The summed E-state index contributed by atoms with van der Waals surface area (Å²) in [7, 11) is -3.03. The van der Waals surface area contributed by atoms with Gasteiger partial charge in [-0.05, 0) is 24.1 Å². The molecular formula is C17H20N2O4S. The fourth-order valence-corrected chi connectivity index (χ4v) is 4.44. The van der Waals surface area contributed by atoms with Crippen LogP contribution in [0.1, 0.15) is 17.7 Å². The van der Waals surface area contributed by atoms with Crippen molar-refractivity contribution in [2.75, 3.05) is 11.5 Å². The second-order valence-corrected chi connectivity index (χ2v) is 8.20. The molecule has 0 unspecified atom stereocenters. The van der Waals surface area contributed by atoms with E-state index < -0.39 is 9.84 Å². The van der Waals surface area contributed by atoms with Crippen LogP contribution in [0.5, 0.6) is 0 Å². The molecule has 0 aliphatic carbocycles. The third kappa shape index (κ3) is 4.38. The molecule has 1 atom stereocenters. The molecule has 3 rings (SSSR count). The molecule has 1 saturated heterocycles. The van der Waals surface area contributed by atoms with Crippen LogP contribution in [0.2, 0.25) is 0 Å². The lowest BCUT2D eigenvalue weighted by Gasteiger charge is -2.24. The maximum Gasteiger partial charge on any atom is 0.318 e. The minimum absolute atomic E-state index is 0.0126. The maximum absolute atomic E-state index is 12.6. The predicted molar refractivity (Wildman–Crippen MR) is 90.0 cm³/mol. The first-order chi connectivity index (χ1) is 11.5. The number of benzene rings is 1. The fraction of sp³-hybridized carbons (Fsp3) is 0.353. The van der Waals surface area contributed by atoms with Crippen LogP contribution >= 0.6 is 0 Å². The minimum atomic E-state index is -3.03. The smallest absolute Gasteiger partial charge is 0.318 e. The highest BCUT2D eigenvalue weighted by Gasteiger charge is 2.30. The number of carbonyl (C=O) groups excluding carboxylic acids is 1. The van der Waals surface area contributed by atoms with Crippen LogP contribution in [0.4, 0.5) is 4.79 Å². The largest absolute Gasteiger partial charge is 0.467 e. The molecule has 1 aromatic heterocycles. The van der Waals surface area contributed by atoms with Crippen molar-refractivity contribution >= 4 is 15.9 Å². The van der Waals surface area contributed by atoms with Gasteiger partial charge in [-0.1, -0.05) is 30.3 Å². The summed E-state index contributed by atoms with van der Waals surface area (Å²) in [6.45, 7) is 0.750. The van der Waals surface area contributed by atoms with Crippen molar-refractivity contribution in [3.63, 3.8) is 0 Å². The number of nitrogens with one attached hydrogen (secondary N) is 1. The molecule has 2 amide bonds. The molecule has 1 N–H and O–H groups in total. The molecule has 1 aliphatic rings. The van der Waals surface area contributed by atoms with Crippen molar-refractivity contribution in [2.45, 2.75) is 25.6 Å². The molecule has 7 heteroatoms. The van der Waals surface area contributed by atoms with E-state index in [9.17, 15) is 13.2 Å². The Balaban J connectivity index is 1.69. The SMILES string of the molecule is O=C(N[C@H]1CCS(=O)(=O)C1)N(Cc1ccccc1)Cc1ccco1. The standard InChI is InChI=1S/C17H20N2O4S/c20-17(18-15-8-10-24(21,22)13-15)19(12-16-7-4-9-23-16)11-14-5-2-1-3-6-14/h1-7,9,15H,8,10-13H2,(H,18,20)/t15-/m0/s1. The van der Waals surface area contributed by atoms with Crippen LogP contribution in [-0.2, 0) is 22.9 Å². The zero-order chi connectivity index (χ0) is 17.0. The van der Waals surface area contributed by atoms with Gasteiger partial charge in [0.1, 0.15) is 5.76 Å². The van der Waals surface area contributed by atoms with Crippen molar-refractivity contribution in [3.05, 3.63) is 60.1 Å². The molecule has 24 heavy (non-hydrogen) atoms. The molecule has 0 radical (unpaired) electrons. The number of hydrogen-bond acceptors (Lipinski definition) is 4. The third-order valence-electron chi connectivity index (χ3n) is 3.99. The van der Waals surface area contributed by atoms with Gasteiger partial charge in [0.2, 0.25) is 0 Å². The zero-order valence-electron chi connectivity index (χ0n) is 13.2. The summed E-state index contributed by atoms with van der Waals surface area (Å²) in [5.41, 5.74) is 0.998. The molecule has 2 heterocycles. The topological polar surface area (TPSA) is 79.6 Å². The lowest BCUT2D eigenvalue weighted by Crippen LogP contribution is -2.44. The maximum atomic E-state index is 12.6. The molecule has 0 bridgehead atoms. The Morgan fingerprint density at radius 3 is 2.58 bits per heavy atom. The van der Waals surface area contributed by atoms with Gasteiger partial charge >= 0.3 is 6.03 Å². The first-order valence-electron chi connectivity index (χ1n) is 7.84. The predicted octanol–water partition coefficient (Wildman–Crippen LogP) is 2.18. The molecule has 2 aromatic rings. The van der Waals surface area contributed by atoms with Crippen molar-refractivity contribution < 1.29 is 17.6 Å². The quantitative estimate of drug-likeness (QED) is 0.898. The lowest BCUT2D eigenvalue weighted by atomic mass is 10.2. The summed E-state index contributed by atoms with van der Waals surface area (Å²) in [6, 6.07) is 12.6. The Labute approximate surface area is 141 Å². The molecule has 0 spiro atoms. The first-order valence-corrected chi connectivity index (χ1v) is 9.66. The van der Waals surface area contributed by atoms with E-state index >= 15 is 0 Å². The lowest BCUT2D eigenvalue weighted by molar-refractivity contribution is 0.184. The molecule has 128 valence electrons. The van der Waals surface area contributed by atoms with Crippen LogP contribution < -0.4 is 5.32 Å². The molecule has 1 fully saturated rings. The third-order valence-corrected chi connectivity index (χ3v) is 5.76. The Hall–Kier alpha value is -2.28. The van der Waals surface area contributed by atoms with E-state index in [4.69, 9.17) is 4.42 Å². The minimum Gasteiger partial charge on any atom is -0.467 e. The highest BCUT2D eigenvalue weighted by molar-refractivity contribution is 7.91. The number of sulfone groups is 1. The van der Waals surface area contributed by atoms with Crippen LogP contribution in [0.15, 0.2) is 53.1 Å².